The fourth-order valence-corrected chi connectivity index (χ4v) is 2.19. The highest BCUT2D eigenvalue weighted by atomic mass is 19.1. The summed E-state index contributed by atoms with van der Waals surface area (Å²) in [4.78, 5) is 36.2. The molecule has 0 aromatic carbocycles. The van der Waals surface area contributed by atoms with Crippen LogP contribution in [0.3, 0.4) is 0 Å². The highest BCUT2D eigenvalue weighted by molar-refractivity contribution is 5.75. The van der Waals surface area contributed by atoms with E-state index in [1.807, 2.05) is 0 Å². The van der Waals surface area contributed by atoms with E-state index in [2.05, 4.69) is 9.72 Å². The molecule has 1 aromatic heterocycles. The van der Waals surface area contributed by atoms with Crippen LogP contribution in [0.2, 0.25) is 0 Å². The van der Waals surface area contributed by atoms with Gasteiger partial charge in [-0.25, -0.2) is 14.0 Å². The zero-order chi connectivity index (χ0) is 14.7. The zero-order valence-corrected chi connectivity index (χ0v) is 10.9. The summed E-state index contributed by atoms with van der Waals surface area (Å²) in [5.41, 5.74) is -1.26. The first-order chi connectivity index (χ1) is 9.54. The van der Waals surface area contributed by atoms with Crippen LogP contribution in [0.1, 0.15) is 19.6 Å². The van der Waals surface area contributed by atoms with E-state index in [1.54, 1.807) is 6.92 Å². The average molecular weight is 286 g/mol. The number of ether oxygens (including phenoxy) is 2. The van der Waals surface area contributed by atoms with Crippen LogP contribution in [-0.2, 0) is 14.3 Å². The number of aromatic amines is 1. The number of halogens is 1. The molecule has 110 valence electrons. The van der Waals surface area contributed by atoms with Gasteiger partial charge >= 0.3 is 11.7 Å². The summed E-state index contributed by atoms with van der Waals surface area (Å²) in [6.45, 7) is 1.89. The van der Waals surface area contributed by atoms with Crippen molar-refractivity contribution in [2.45, 2.75) is 25.7 Å². The molecule has 1 saturated heterocycles. The molecule has 3 atom stereocenters. The quantitative estimate of drug-likeness (QED) is 0.785. The molecule has 0 bridgehead atoms. The number of alkyl halides is 1. The first-order valence-corrected chi connectivity index (χ1v) is 6.28. The summed E-state index contributed by atoms with van der Waals surface area (Å²) in [5.74, 6) is -1.79. The molecule has 20 heavy (non-hydrogen) atoms. The molecule has 8 heteroatoms. The minimum absolute atomic E-state index is 0.0795. The van der Waals surface area contributed by atoms with Crippen molar-refractivity contribution in [3.05, 3.63) is 33.1 Å². The Kier molecular flexibility index (Phi) is 4.33. The van der Waals surface area contributed by atoms with Gasteiger partial charge in [0, 0.05) is 24.8 Å². The summed E-state index contributed by atoms with van der Waals surface area (Å²) < 4.78 is 25.1. The Morgan fingerprint density at radius 1 is 1.65 bits per heavy atom. The maximum absolute atomic E-state index is 14.1. The van der Waals surface area contributed by atoms with Crippen molar-refractivity contribution >= 4 is 5.97 Å². The third kappa shape index (κ3) is 2.79. The lowest BCUT2D eigenvalue weighted by molar-refractivity contribution is -0.153. The van der Waals surface area contributed by atoms with Gasteiger partial charge in [0.1, 0.15) is 6.23 Å². The Morgan fingerprint density at radius 3 is 3.05 bits per heavy atom. The maximum Gasteiger partial charge on any atom is 0.341 e. The fourth-order valence-electron chi connectivity index (χ4n) is 2.19. The number of hydrogen-bond donors (Lipinski definition) is 1. The Balaban J connectivity index is 2.25. The summed E-state index contributed by atoms with van der Waals surface area (Å²) >= 11 is 0. The van der Waals surface area contributed by atoms with Crippen molar-refractivity contribution < 1.29 is 18.7 Å². The van der Waals surface area contributed by atoms with Crippen LogP contribution in [0.25, 0.3) is 0 Å². The lowest BCUT2D eigenvalue weighted by atomic mass is 10.00. The molecule has 0 saturated carbocycles. The normalized spacial score (nSPS) is 23.5. The van der Waals surface area contributed by atoms with E-state index >= 15 is 0 Å². The number of hydrogen-bond acceptors (Lipinski definition) is 5. The molecule has 2 unspecified atom stereocenters. The number of carbonyl (C=O) groups is 1. The van der Waals surface area contributed by atoms with Gasteiger partial charge in [0.05, 0.1) is 6.61 Å². The molecule has 0 radical (unpaired) electrons. The maximum atomic E-state index is 14.1. The van der Waals surface area contributed by atoms with Crippen LogP contribution in [-0.4, -0.2) is 34.9 Å². The van der Waals surface area contributed by atoms with Crippen LogP contribution in [0.5, 0.6) is 0 Å². The van der Waals surface area contributed by atoms with Crippen molar-refractivity contribution in [2.75, 3.05) is 13.2 Å². The zero-order valence-electron chi connectivity index (χ0n) is 10.9. The molecule has 2 rings (SSSR count). The monoisotopic (exact) mass is 286 g/mol. The molecule has 1 N–H and O–H groups in total. The van der Waals surface area contributed by atoms with Gasteiger partial charge in [0.15, 0.2) is 0 Å². The molecule has 0 spiro atoms. The minimum Gasteiger partial charge on any atom is -0.464 e. The molecule has 2 heterocycles. The van der Waals surface area contributed by atoms with Gasteiger partial charge in [-0.3, -0.25) is 14.3 Å². The molecule has 1 aliphatic rings. The lowest BCUT2D eigenvalue weighted by Crippen LogP contribution is -2.37. The molecule has 1 fully saturated rings. The predicted molar refractivity (Wildman–Crippen MR) is 65.9 cm³/mol. The number of nitrogens with zero attached hydrogens (tertiary/aromatic N) is 1. The summed E-state index contributed by atoms with van der Waals surface area (Å²) in [5, 5.41) is 0. The van der Waals surface area contributed by atoms with E-state index in [9.17, 15) is 18.8 Å². The lowest BCUT2D eigenvalue weighted by Gasteiger charge is -2.22. The second-order valence-corrected chi connectivity index (χ2v) is 4.39. The first-order valence-electron chi connectivity index (χ1n) is 6.28. The van der Waals surface area contributed by atoms with Gasteiger partial charge in [0.25, 0.3) is 5.56 Å². The highest BCUT2D eigenvalue weighted by Crippen LogP contribution is 2.33. The number of carbonyl (C=O) groups excluding carboxylic acids is 1. The third-order valence-electron chi connectivity index (χ3n) is 3.12. The molecular formula is C12H15FN2O5. The Hall–Kier alpha value is -1.96. The van der Waals surface area contributed by atoms with Gasteiger partial charge in [-0.2, -0.15) is 0 Å². The van der Waals surface area contributed by atoms with Gasteiger partial charge in [-0.1, -0.05) is 0 Å². The number of aromatic nitrogens is 2. The largest absolute Gasteiger partial charge is 0.464 e. The summed E-state index contributed by atoms with van der Waals surface area (Å²) in [7, 11) is 0. The second-order valence-electron chi connectivity index (χ2n) is 4.39. The first kappa shape index (κ1) is 14.4. The number of rotatable bonds is 4. The van der Waals surface area contributed by atoms with Crippen LogP contribution in [0.15, 0.2) is 21.9 Å². The second kappa shape index (κ2) is 6.00. The van der Waals surface area contributed by atoms with E-state index in [1.165, 1.54) is 6.20 Å². The number of esters is 1. The summed E-state index contributed by atoms with van der Waals surface area (Å²) in [6.07, 6.45) is -1.29. The number of nitrogens with one attached hydrogen (secondary N) is 1. The smallest absolute Gasteiger partial charge is 0.341 e. The van der Waals surface area contributed by atoms with Crippen LogP contribution >= 0.6 is 0 Å². The van der Waals surface area contributed by atoms with Gasteiger partial charge in [-0.05, 0) is 13.3 Å². The molecule has 1 aromatic rings. The molecular weight excluding hydrogens is 271 g/mol. The Labute approximate surface area is 113 Å². The van der Waals surface area contributed by atoms with Gasteiger partial charge in [-0.15, -0.1) is 0 Å². The Morgan fingerprint density at radius 2 is 2.40 bits per heavy atom. The molecule has 0 aliphatic carbocycles. The van der Waals surface area contributed by atoms with Crippen molar-refractivity contribution in [3.8, 4) is 0 Å². The SMILES string of the molecule is CCOC(=O)C(F)[C@@H]1CCOC1n1ccc(=O)[nH]c1=O. The van der Waals surface area contributed by atoms with Crippen LogP contribution in [0.4, 0.5) is 4.39 Å². The van der Waals surface area contributed by atoms with Crippen molar-refractivity contribution in [1.29, 1.82) is 0 Å². The number of H-pyrrole nitrogens is 1. The minimum atomic E-state index is -1.87. The Bertz CT molecular complexity index is 596. The van der Waals surface area contributed by atoms with Crippen molar-refractivity contribution in [3.63, 3.8) is 0 Å². The third-order valence-corrected chi connectivity index (χ3v) is 3.12. The van der Waals surface area contributed by atoms with Crippen molar-refractivity contribution in [1.82, 2.24) is 9.55 Å². The summed E-state index contributed by atoms with van der Waals surface area (Å²) in [6, 6.07) is 1.14. The average Bonchev–Trinajstić information content (AvgIpc) is 2.87. The molecule has 7 nitrogen and oxygen atoms in total. The molecule has 1 aliphatic heterocycles. The van der Waals surface area contributed by atoms with Crippen LogP contribution in [0, 0.1) is 5.92 Å². The van der Waals surface area contributed by atoms with Gasteiger partial charge in [0.2, 0.25) is 6.17 Å². The molecule has 0 amide bonds. The predicted octanol–water partition coefficient (Wildman–Crippen LogP) is -0.0271. The van der Waals surface area contributed by atoms with E-state index in [4.69, 9.17) is 4.74 Å². The fraction of sp³-hybridized carbons (Fsp3) is 0.583. The van der Waals surface area contributed by atoms with Crippen molar-refractivity contribution in [2.24, 2.45) is 5.92 Å². The van der Waals surface area contributed by atoms with Crippen LogP contribution < -0.4 is 11.2 Å². The van der Waals surface area contributed by atoms with E-state index in [0.29, 0.717) is 0 Å². The van der Waals surface area contributed by atoms with E-state index < -0.39 is 35.5 Å². The van der Waals surface area contributed by atoms with E-state index in [0.717, 1.165) is 10.6 Å². The van der Waals surface area contributed by atoms with Gasteiger partial charge < -0.3 is 9.47 Å². The highest BCUT2D eigenvalue weighted by Gasteiger charge is 2.41. The standard InChI is InChI=1S/C12H15FN2O5/c1-2-19-11(17)9(13)7-4-6-20-10(7)15-5-3-8(16)14-12(15)18/h3,5,7,9-10H,2,4,6H2,1H3,(H,14,16,18)/t7-,9?,10?/m0/s1. The van der Waals surface area contributed by atoms with E-state index in [-0.39, 0.29) is 19.6 Å². The topological polar surface area (TPSA) is 90.4 Å².